The molecule has 0 aromatic heterocycles. The van der Waals surface area contributed by atoms with Gasteiger partial charge in [-0.1, -0.05) is 5.92 Å². The Morgan fingerprint density at radius 1 is 1.35 bits per heavy atom. The minimum Gasteiger partial charge on any atom is -0.490 e. The molecule has 7 nitrogen and oxygen atoms in total. The molecule has 23 heavy (non-hydrogen) atoms. The molecule has 0 bridgehead atoms. The maximum Gasteiger partial charge on any atom is 0.242 e. The van der Waals surface area contributed by atoms with Crippen LogP contribution in [0.2, 0.25) is 0 Å². The number of anilines is 1. The molecule has 0 saturated carbocycles. The number of nitrogens with zero attached hydrogens (tertiary/aromatic N) is 1. The van der Waals surface area contributed by atoms with Crippen LogP contribution in [0.25, 0.3) is 0 Å². The monoisotopic (exact) mass is 430 g/mol. The number of aliphatic imine (C=N–C) groups is 1. The highest BCUT2D eigenvalue weighted by Gasteiger charge is 2.10. The van der Waals surface area contributed by atoms with Gasteiger partial charge >= 0.3 is 0 Å². The fourth-order valence-corrected chi connectivity index (χ4v) is 1.79. The number of guanidine groups is 1. The van der Waals surface area contributed by atoms with E-state index in [-0.39, 0.29) is 48.9 Å². The average molecular weight is 430 g/mol. The molecule has 0 aliphatic carbocycles. The van der Waals surface area contributed by atoms with Crippen molar-refractivity contribution in [2.24, 2.45) is 10.7 Å². The smallest absolute Gasteiger partial charge is 0.242 e. The van der Waals surface area contributed by atoms with Crippen molar-refractivity contribution in [3.8, 4) is 23.8 Å². The van der Waals surface area contributed by atoms with E-state index in [9.17, 15) is 4.79 Å². The molecule has 1 aliphatic rings. The highest BCUT2D eigenvalue weighted by Crippen LogP contribution is 2.32. The summed E-state index contributed by atoms with van der Waals surface area (Å²) < 4.78 is 11.1. The molecule has 124 valence electrons. The van der Waals surface area contributed by atoms with Gasteiger partial charge in [-0.15, -0.1) is 30.4 Å². The van der Waals surface area contributed by atoms with E-state index in [0.717, 1.165) is 6.42 Å². The number of carbonyl (C=O) groups excluding carboxylic acids is 1. The molecule has 1 aromatic rings. The average Bonchev–Trinajstić information content (AvgIpc) is 2.75. The van der Waals surface area contributed by atoms with Crippen LogP contribution in [0, 0.1) is 12.3 Å². The molecule has 4 N–H and O–H groups in total. The summed E-state index contributed by atoms with van der Waals surface area (Å²) in [4.78, 5) is 15.3. The number of nitrogens with one attached hydrogen (secondary N) is 2. The molecule has 1 heterocycles. The van der Waals surface area contributed by atoms with Gasteiger partial charge in [0.25, 0.3) is 0 Å². The van der Waals surface area contributed by atoms with Gasteiger partial charge < -0.3 is 25.8 Å². The number of halogens is 1. The highest BCUT2D eigenvalue weighted by molar-refractivity contribution is 14.0. The third-order valence-corrected chi connectivity index (χ3v) is 2.80. The SMILES string of the molecule is C#CCNC(=O)CN=C(N)Nc1ccc2c(c1)OCCCO2.I. The number of nitrogens with two attached hydrogens (primary N) is 1. The number of carbonyl (C=O) groups is 1. The second-order valence-electron chi connectivity index (χ2n) is 4.52. The van der Waals surface area contributed by atoms with E-state index in [4.69, 9.17) is 21.6 Å². The van der Waals surface area contributed by atoms with Crippen molar-refractivity contribution in [2.75, 3.05) is 31.6 Å². The lowest BCUT2D eigenvalue weighted by Crippen LogP contribution is -2.29. The van der Waals surface area contributed by atoms with Gasteiger partial charge in [-0.2, -0.15) is 0 Å². The van der Waals surface area contributed by atoms with Gasteiger partial charge in [0.1, 0.15) is 6.54 Å². The Kier molecular flexibility index (Phi) is 8.04. The van der Waals surface area contributed by atoms with Crippen LogP contribution >= 0.6 is 24.0 Å². The number of amides is 1. The van der Waals surface area contributed by atoms with Gasteiger partial charge in [-0.25, -0.2) is 4.99 Å². The number of fused-ring (bicyclic) bond motifs is 1. The summed E-state index contributed by atoms with van der Waals surface area (Å²) in [5.41, 5.74) is 6.44. The Hall–Kier alpha value is -2.15. The molecule has 1 amide bonds. The zero-order valence-electron chi connectivity index (χ0n) is 12.5. The van der Waals surface area contributed by atoms with Crippen molar-refractivity contribution in [2.45, 2.75) is 6.42 Å². The lowest BCUT2D eigenvalue weighted by molar-refractivity contribution is -0.119. The van der Waals surface area contributed by atoms with Gasteiger partial charge in [0.2, 0.25) is 5.91 Å². The van der Waals surface area contributed by atoms with Crippen molar-refractivity contribution in [3.63, 3.8) is 0 Å². The standard InChI is InChI=1S/C15H18N4O3.HI/c1-2-6-17-14(20)10-18-15(16)19-11-4-5-12-13(9-11)22-8-3-7-21-12;/h1,4-5,9H,3,6-8,10H2,(H,17,20)(H3,16,18,19);1H. The summed E-state index contributed by atoms with van der Waals surface area (Å²) in [5, 5.41) is 5.39. The van der Waals surface area contributed by atoms with Crippen LogP contribution < -0.4 is 25.8 Å². The van der Waals surface area contributed by atoms with Crippen LogP contribution in [0.1, 0.15) is 6.42 Å². The van der Waals surface area contributed by atoms with Crippen molar-refractivity contribution >= 4 is 41.5 Å². The zero-order valence-corrected chi connectivity index (χ0v) is 14.8. The minimum absolute atomic E-state index is 0. The van der Waals surface area contributed by atoms with E-state index >= 15 is 0 Å². The van der Waals surface area contributed by atoms with Crippen molar-refractivity contribution < 1.29 is 14.3 Å². The molecule has 2 rings (SSSR count). The Morgan fingerprint density at radius 3 is 2.83 bits per heavy atom. The van der Waals surface area contributed by atoms with Crippen molar-refractivity contribution in [1.82, 2.24) is 5.32 Å². The van der Waals surface area contributed by atoms with Gasteiger partial charge in [-0.3, -0.25) is 4.79 Å². The summed E-state index contributed by atoms with van der Waals surface area (Å²) >= 11 is 0. The van der Waals surface area contributed by atoms with Crippen LogP contribution in [0.3, 0.4) is 0 Å². The quantitative estimate of drug-likeness (QED) is 0.286. The predicted octanol–water partition coefficient (Wildman–Crippen LogP) is 0.942. The van der Waals surface area contributed by atoms with E-state index < -0.39 is 0 Å². The second kappa shape index (κ2) is 9.78. The molecule has 1 aromatic carbocycles. The van der Waals surface area contributed by atoms with Gasteiger partial charge in [-0.05, 0) is 12.1 Å². The van der Waals surface area contributed by atoms with Crippen LogP contribution in [0.4, 0.5) is 5.69 Å². The van der Waals surface area contributed by atoms with E-state index in [1.54, 1.807) is 18.2 Å². The molecule has 0 saturated heterocycles. The fourth-order valence-electron chi connectivity index (χ4n) is 1.79. The Morgan fingerprint density at radius 2 is 2.09 bits per heavy atom. The third kappa shape index (κ3) is 6.23. The molecular weight excluding hydrogens is 411 g/mol. The maximum absolute atomic E-state index is 11.4. The van der Waals surface area contributed by atoms with Crippen molar-refractivity contribution in [3.05, 3.63) is 18.2 Å². The van der Waals surface area contributed by atoms with Gasteiger partial charge in [0.15, 0.2) is 17.5 Å². The first-order valence-electron chi connectivity index (χ1n) is 6.86. The Balaban J connectivity index is 0.00000264. The number of hydrogen-bond donors (Lipinski definition) is 3. The zero-order chi connectivity index (χ0) is 15.8. The molecular formula is C15H19IN4O3. The summed E-state index contributed by atoms with van der Waals surface area (Å²) in [5.74, 6) is 3.50. The van der Waals surface area contributed by atoms with Gasteiger partial charge in [0, 0.05) is 18.2 Å². The topological polar surface area (TPSA) is 98.0 Å². The molecule has 1 aliphatic heterocycles. The maximum atomic E-state index is 11.4. The molecule has 0 unspecified atom stereocenters. The van der Waals surface area contributed by atoms with Crippen LogP contribution in [-0.4, -0.2) is 38.2 Å². The van der Waals surface area contributed by atoms with Gasteiger partial charge in [0.05, 0.1) is 19.8 Å². The second-order valence-corrected chi connectivity index (χ2v) is 4.52. The summed E-state index contributed by atoms with van der Waals surface area (Å²) in [6.07, 6.45) is 5.88. The normalized spacial score (nSPS) is 13.1. The minimum atomic E-state index is -0.290. The summed E-state index contributed by atoms with van der Waals surface area (Å²) in [6.45, 7) is 1.32. The molecule has 8 heteroatoms. The van der Waals surface area contributed by atoms with Crippen LogP contribution in [0.5, 0.6) is 11.5 Å². The Bertz CT molecular complexity index is 613. The number of benzene rings is 1. The van der Waals surface area contributed by atoms with E-state index in [1.165, 1.54) is 0 Å². The predicted molar refractivity (Wildman–Crippen MR) is 99.4 cm³/mol. The first kappa shape index (κ1) is 18.9. The van der Waals surface area contributed by atoms with Crippen LogP contribution in [-0.2, 0) is 4.79 Å². The van der Waals surface area contributed by atoms with E-state index in [1.807, 2.05) is 0 Å². The number of terminal acetylenes is 1. The van der Waals surface area contributed by atoms with Crippen LogP contribution in [0.15, 0.2) is 23.2 Å². The summed E-state index contributed by atoms with van der Waals surface area (Å²) in [6, 6.07) is 5.38. The van der Waals surface area contributed by atoms with Crippen molar-refractivity contribution in [1.29, 1.82) is 0 Å². The first-order chi connectivity index (χ1) is 10.7. The number of rotatable bonds is 4. The fraction of sp³-hybridized carbons (Fsp3) is 0.333. The summed E-state index contributed by atoms with van der Waals surface area (Å²) in [7, 11) is 0. The molecule has 0 atom stereocenters. The van der Waals surface area contributed by atoms with E-state index in [0.29, 0.717) is 30.4 Å². The van der Waals surface area contributed by atoms with E-state index in [2.05, 4.69) is 21.5 Å². The largest absolute Gasteiger partial charge is 0.490 e. The number of hydrogen-bond acceptors (Lipinski definition) is 4. The highest BCUT2D eigenvalue weighted by atomic mass is 127. The lowest BCUT2D eigenvalue weighted by atomic mass is 10.3. The lowest BCUT2D eigenvalue weighted by Gasteiger charge is -2.10. The molecule has 0 radical (unpaired) electrons. The molecule has 0 spiro atoms. The first-order valence-corrected chi connectivity index (χ1v) is 6.86. The Labute approximate surface area is 152 Å². The number of ether oxygens (including phenoxy) is 2. The molecule has 0 fully saturated rings. The third-order valence-electron chi connectivity index (χ3n) is 2.80.